The van der Waals surface area contributed by atoms with E-state index in [4.69, 9.17) is 0 Å². The van der Waals surface area contributed by atoms with E-state index in [0.717, 1.165) is 45.7 Å². The first kappa shape index (κ1) is 16.0. The van der Waals surface area contributed by atoms with Gasteiger partial charge in [-0.15, -0.1) is 11.3 Å². The lowest BCUT2D eigenvalue weighted by molar-refractivity contribution is 0.949. The summed E-state index contributed by atoms with van der Waals surface area (Å²) in [5, 5.41) is 13.9. The van der Waals surface area contributed by atoms with E-state index >= 15 is 0 Å². The average molecular weight is 372 g/mol. The number of nitrogens with one attached hydrogen (secondary N) is 1. The quantitative estimate of drug-likeness (QED) is 0.572. The molecule has 132 valence electrons. The smallest absolute Gasteiger partial charge is 0.195 e. The molecule has 5 rings (SSSR count). The van der Waals surface area contributed by atoms with Gasteiger partial charge in [0.15, 0.2) is 5.01 Å². The maximum Gasteiger partial charge on any atom is 0.195 e. The van der Waals surface area contributed by atoms with Crippen LogP contribution in [0.2, 0.25) is 0 Å². The molecule has 0 radical (unpaired) electrons. The Labute approximate surface area is 160 Å². The molecule has 0 aliphatic carbocycles. The zero-order valence-corrected chi connectivity index (χ0v) is 15.3. The fraction of sp³-hybridized carbons (Fsp3) is 0.200. The molecular formula is C20H16N6S. The largest absolute Gasteiger partial charge is 0.372 e. The van der Waals surface area contributed by atoms with Crippen molar-refractivity contribution in [2.45, 2.75) is 12.8 Å². The molecule has 1 aliphatic rings. The van der Waals surface area contributed by atoms with Crippen LogP contribution >= 0.6 is 11.3 Å². The summed E-state index contributed by atoms with van der Waals surface area (Å²) in [5.74, 6) is 0.729. The highest BCUT2D eigenvalue weighted by molar-refractivity contribution is 7.20. The summed E-state index contributed by atoms with van der Waals surface area (Å²) in [4.78, 5) is 15.6. The summed E-state index contributed by atoms with van der Waals surface area (Å²) < 4.78 is 0.931. The van der Waals surface area contributed by atoms with Crippen molar-refractivity contribution in [3.8, 4) is 6.07 Å². The molecule has 0 spiro atoms. The molecule has 2 aromatic carbocycles. The Bertz CT molecular complexity index is 1170. The Morgan fingerprint density at radius 1 is 1.00 bits per heavy atom. The third kappa shape index (κ3) is 2.84. The first-order valence-corrected chi connectivity index (χ1v) is 9.70. The van der Waals surface area contributed by atoms with E-state index in [1.165, 1.54) is 29.9 Å². The summed E-state index contributed by atoms with van der Waals surface area (Å²) in [6.45, 7) is 2.27. The molecule has 0 unspecified atom stereocenters. The summed E-state index contributed by atoms with van der Waals surface area (Å²) in [7, 11) is 0. The molecule has 1 N–H and O–H groups in total. The number of anilines is 3. The average Bonchev–Trinajstić information content (AvgIpc) is 3.38. The van der Waals surface area contributed by atoms with Crippen LogP contribution in [0.5, 0.6) is 0 Å². The second-order valence-corrected chi connectivity index (χ2v) is 7.53. The predicted octanol–water partition coefficient (Wildman–Crippen LogP) is 4.45. The van der Waals surface area contributed by atoms with Gasteiger partial charge in [-0.3, -0.25) is 0 Å². The van der Waals surface area contributed by atoms with Crippen LogP contribution in [0.3, 0.4) is 0 Å². The zero-order valence-electron chi connectivity index (χ0n) is 14.5. The van der Waals surface area contributed by atoms with E-state index in [-0.39, 0.29) is 0 Å². The van der Waals surface area contributed by atoms with Gasteiger partial charge in [0.05, 0.1) is 21.1 Å². The number of benzene rings is 2. The first-order valence-electron chi connectivity index (χ1n) is 8.88. The second-order valence-electron chi connectivity index (χ2n) is 6.53. The van der Waals surface area contributed by atoms with Crippen LogP contribution < -0.4 is 10.2 Å². The molecule has 0 saturated carbocycles. The van der Waals surface area contributed by atoms with E-state index in [9.17, 15) is 5.26 Å². The van der Waals surface area contributed by atoms with Gasteiger partial charge in [0, 0.05) is 24.5 Å². The van der Waals surface area contributed by atoms with E-state index in [1.54, 1.807) is 6.33 Å². The summed E-state index contributed by atoms with van der Waals surface area (Å²) in [6.07, 6.45) is 4.09. The van der Waals surface area contributed by atoms with Crippen molar-refractivity contribution in [3.05, 3.63) is 47.7 Å². The standard InChI is InChI=1S/C20H16N6S/c21-11-17-25-16-8-7-15-18(19(16)27-17)20(23-12-22-15)24-13-3-5-14(6-4-13)26-9-1-2-10-26/h3-8,12H,1-2,9-10H2,(H,22,23,24). The maximum atomic E-state index is 9.18. The van der Waals surface area contributed by atoms with E-state index < -0.39 is 0 Å². The van der Waals surface area contributed by atoms with E-state index in [1.807, 2.05) is 12.1 Å². The second kappa shape index (κ2) is 6.49. The number of nitriles is 1. The van der Waals surface area contributed by atoms with Gasteiger partial charge in [0.1, 0.15) is 18.2 Å². The molecule has 0 atom stereocenters. The summed E-state index contributed by atoms with van der Waals surface area (Å²) >= 11 is 1.37. The number of nitrogens with zero attached hydrogens (tertiary/aromatic N) is 5. The first-order chi connectivity index (χ1) is 13.3. The van der Waals surface area contributed by atoms with Crippen LogP contribution in [0.1, 0.15) is 17.8 Å². The van der Waals surface area contributed by atoms with Crippen molar-refractivity contribution in [1.82, 2.24) is 15.0 Å². The number of hydrogen-bond acceptors (Lipinski definition) is 7. The van der Waals surface area contributed by atoms with Crippen LogP contribution in [0.15, 0.2) is 42.7 Å². The van der Waals surface area contributed by atoms with Crippen LogP contribution in [0, 0.1) is 11.3 Å². The molecule has 0 amide bonds. The molecule has 2 aromatic heterocycles. The lowest BCUT2D eigenvalue weighted by Gasteiger charge is -2.18. The lowest BCUT2D eigenvalue weighted by atomic mass is 10.2. The minimum Gasteiger partial charge on any atom is -0.372 e. The van der Waals surface area contributed by atoms with Crippen LogP contribution in [-0.4, -0.2) is 28.0 Å². The molecule has 0 bridgehead atoms. The molecule has 7 heteroatoms. The SMILES string of the molecule is N#Cc1nc2ccc3ncnc(Nc4ccc(N5CCCC5)cc4)c3c2s1. The summed E-state index contributed by atoms with van der Waals surface area (Å²) in [6, 6.07) is 14.4. The van der Waals surface area contributed by atoms with Crippen molar-refractivity contribution < 1.29 is 0 Å². The normalized spacial score (nSPS) is 14.0. The van der Waals surface area contributed by atoms with E-state index in [0.29, 0.717) is 5.01 Å². The third-order valence-electron chi connectivity index (χ3n) is 4.85. The Morgan fingerprint density at radius 2 is 1.78 bits per heavy atom. The fourth-order valence-corrected chi connectivity index (χ4v) is 4.45. The van der Waals surface area contributed by atoms with Crippen molar-refractivity contribution in [1.29, 1.82) is 5.26 Å². The molecule has 6 nitrogen and oxygen atoms in total. The minimum absolute atomic E-state index is 0.447. The third-order valence-corrected chi connectivity index (χ3v) is 5.85. The van der Waals surface area contributed by atoms with Crippen molar-refractivity contribution >= 4 is 49.6 Å². The van der Waals surface area contributed by atoms with Crippen molar-refractivity contribution in [2.75, 3.05) is 23.3 Å². The molecule has 1 saturated heterocycles. The van der Waals surface area contributed by atoms with Crippen LogP contribution in [-0.2, 0) is 0 Å². The number of fused-ring (bicyclic) bond motifs is 3. The van der Waals surface area contributed by atoms with Crippen molar-refractivity contribution in [2.24, 2.45) is 0 Å². The highest BCUT2D eigenvalue weighted by Gasteiger charge is 2.14. The van der Waals surface area contributed by atoms with Gasteiger partial charge in [-0.1, -0.05) is 0 Å². The monoisotopic (exact) mass is 372 g/mol. The van der Waals surface area contributed by atoms with Gasteiger partial charge in [-0.05, 0) is 49.2 Å². The Kier molecular flexibility index (Phi) is 3.84. The Morgan fingerprint density at radius 3 is 2.56 bits per heavy atom. The maximum absolute atomic E-state index is 9.18. The van der Waals surface area contributed by atoms with Crippen LogP contribution in [0.25, 0.3) is 21.1 Å². The van der Waals surface area contributed by atoms with Gasteiger partial charge >= 0.3 is 0 Å². The molecule has 4 aromatic rings. The topological polar surface area (TPSA) is 77.7 Å². The minimum atomic E-state index is 0.447. The Balaban J connectivity index is 1.54. The molecular weight excluding hydrogens is 356 g/mol. The van der Waals surface area contributed by atoms with Gasteiger partial charge in [-0.2, -0.15) is 5.26 Å². The number of rotatable bonds is 3. The highest BCUT2D eigenvalue weighted by atomic mass is 32.1. The zero-order chi connectivity index (χ0) is 18.2. The highest BCUT2D eigenvalue weighted by Crippen LogP contribution is 2.34. The number of hydrogen-bond donors (Lipinski definition) is 1. The van der Waals surface area contributed by atoms with Gasteiger partial charge in [0.25, 0.3) is 0 Å². The lowest BCUT2D eigenvalue weighted by Crippen LogP contribution is -2.17. The fourth-order valence-electron chi connectivity index (χ4n) is 3.54. The Hall–Kier alpha value is -3.24. The number of aromatic nitrogens is 3. The molecule has 3 heterocycles. The number of thiazole rings is 1. The van der Waals surface area contributed by atoms with Gasteiger partial charge in [0.2, 0.25) is 0 Å². The molecule has 27 heavy (non-hydrogen) atoms. The van der Waals surface area contributed by atoms with Gasteiger partial charge in [-0.25, -0.2) is 15.0 Å². The summed E-state index contributed by atoms with van der Waals surface area (Å²) in [5.41, 5.74) is 3.86. The molecule has 1 aliphatic heterocycles. The molecule has 1 fully saturated rings. The van der Waals surface area contributed by atoms with E-state index in [2.05, 4.69) is 55.5 Å². The van der Waals surface area contributed by atoms with Crippen LogP contribution in [0.4, 0.5) is 17.2 Å². The predicted molar refractivity (Wildman–Crippen MR) is 109 cm³/mol. The van der Waals surface area contributed by atoms with Crippen molar-refractivity contribution in [3.63, 3.8) is 0 Å². The van der Waals surface area contributed by atoms with Gasteiger partial charge < -0.3 is 10.2 Å².